The summed E-state index contributed by atoms with van der Waals surface area (Å²) in [4.78, 5) is 11.8. The number of nitrogens with zero attached hydrogens (tertiary/aromatic N) is 2. The van der Waals surface area contributed by atoms with Gasteiger partial charge in [0.15, 0.2) is 17.3 Å². The second-order valence-corrected chi connectivity index (χ2v) is 5.85. The molecule has 0 bridgehead atoms. The highest BCUT2D eigenvalue weighted by Crippen LogP contribution is 2.40. The molecule has 1 heterocycles. The van der Waals surface area contributed by atoms with Crippen molar-refractivity contribution < 1.29 is 31.1 Å². The molecular weight excluding hydrogens is 388 g/mol. The molecule has 0 atom stereocenters. The molecule has 0 radical (unpaired) electrons. The van der Waals surface area contributed by atoms with E-state index < -0.39 is 46.4 Å². The van der Waals surface area contributed by atoms with E-state index >= 15 is 0 Å². The highest BCUT2D eigenvalue weighted by atomic mass is 19.4. The van der Waals surface area contributed by atoms with Crippen molar-refractivity contribution in [2.45, 2.75) is 6.18 Å². The van der Waals surface area contributed by atoms with Crippen molar-refractivity contribution in [3.05, 3.63) is 65.1 Å². The predicted octanol–water partition coefficient (Wildman–Crippen LogP) is 4.29. The molecule has 28 heavy (non-hydrogen) atoms. The summed E-state index contributed by atoms with van der Waals surface area (Å²) in [5.41, 5.74) is 1.86. The fourth-order valence-corrected chi connectivity index (χ4v) is 2.92. The van der Waals surface area contributed by atoms with Crippen LogP contribution in [0.2, 0.25) is 0 Å². The molecule has 0 unspecified atom stereocenters. The van der Waals surface area contributed by atoms with Gasteiger partial charge in [-0.25, -0.2) is 13.2 Å². The van der Waals surface area contributed by atoms with E-state index in [1.165, 1.54) is 24.3 Å². The lowest BCUT2D eigenvalue weighted by molar-refractivity contribution is -0.141. The molecule has 0 aliphatic rings. The van der Waals surface area contributed by atoms with Gasteiger partial charge in [-0.2, -0.15) is 18.3 Å². The third-order valence-corrected chi connectivity index (χ3v) is 4.04. The van der Waals surface area contributed by atoms with Gasteiger partial charge < -0.3 is 5.73 Å². The molecule has 1 amide bonds. The van der Waals surface area contributed by atoms with Crippen LogP contribution in [-0.4, -0.2) is 15.7 Å². The zero-order valence-electron chi connectivity index (χ0n) is 14.1. The first kappa shape index (κ1) is 19.5. The number of aryl methyl sites for hydroxylation is 1. The predicted molar refractivity (Wildman–Crippen MR) is 87.5 cm³/mol. The van der Waals surface area contributed by atoms with Crippen LogP contribution in [0.1, 0.15) is 16.1 Å². The van der Waals surface area contributed by atoms with E-state index in [9.17, 15) is 31.1 Å². The molecule has 3 aromatic rings. The van der Waals surface area contributed by atoms with E-state index in [-0.39, 0.29) is 16.8 Å². The summed E-state index contributed by atoms with van der Waals surface area (Å²) in [5, 5.41) is 3.33. The molecule has 0 aliphatic heterocycles. The van der Waals surface area contributed by atoms with Gasteiger partial charge in [0.25, 0.3) is 5.91 Å². The van der Waals surface area contributed by atoms with Crippen LogP contribution in [0.15, 0.2) is 36.4 Å². The van der Waals surface area contributed by atoms with E-state index in [4.69, 9.17) is 5.73 Å². The number of aromatic nitrogens is 2. The normalized spacial score (nSPS) is 11.7. The van der Waals surface area contributed by atoms with Gasteiger partial charge in [0.1, 0.15) is 5.82 Å². The zero-order chi connectivity index (χ0) is 20.8. The van der Waals surface area contributed by atoms with Crippen LogP contribution in [0.4, 0.5) is 26.3 Å². The summed E-state index contributed by atoms with van der Waals surface area (Å²) < 4.78 is 81.7. The van der Waals surface area contributed by atoms with Gasteiger partial charge in [-0.3, -0.25) is 9.48 Å². The van der Waals surface area contributed by atoms with Crippen LogP contribution in [0.25, 0.3) is 22.4 Å². The number of carbonyl (C=O) groups excluding carboxylic acids is 1. The average Bonchev–Trinajstić information content (AvgIpc) is 2.96. The van der Waals surface area contributed by atoms with E-state index in [0.29, 0.717) is 12.1 Å². The molecule has 4 nitrogen and oxygen atoms in total. The van der Waals surface area contributed by atoms with Crippen molar-refractivity contribution in [2.24, 2.45) is 12.8 Å². The number of nitrogens with two attached hydrogens (primary N) is 1. The van der Waals surface area contributed by atoms with Crippen LogP contribution >= 0.6 is 0 Å². The standard InChI is InChI=1S/C18H11F6N3O/c1-27-15(14(17(25)28)16(26-27)18(22,23)24)9-5-3-2-4-8(9)10-6-12(20)13(21)7-11(10)19/h2-7H,1H3,(H2,25,28). The van der Waals surface area contributed by atoms with Gasteiger partial charge in [-0.1, -0.05) is 24.3 Å². The maximum absolute atomic E-state index is 14.3. The Labute approximate surface area is 154 Å². The van der Waals surface area contributed by atoms with Crippen LogP contribution in [-0.2, 0) is 13.2 Å². The van der Waals surface area contributed by atoms with Crippen LogP contribution in [0, 0.1) is 17.5 Å². The molecule has 146 valence electrons. The van der Waals surface area contributed by atoms with Crippen molar-refractivity contribution in [3.8, 4) is 22.4 Å². The van der Waals surface area contributed by atoms with Gasteiger partial charge in [-0.15, -0.1) is 0 Å². The molecule has 1 aromatic heterocycles. The Morgan fingerprint density at radius 3 is 2.11 bits per heavy atom. The number of alkyl halides is 3. The topological polar surface area (TPSA) is 60.9 Å². The maximum atomic E-state index is 14.3. The molecule has 0 spiro atoms. The highest BCUT2D eigenvalue weighted by Gasteiger charge is 2.41. The van der Waals surface area contributed by atoms with Crippen molar-refractivity contribution in [1.82, 2.24) is 9.78 Å². The Bertz CT molecular complexity index is 1090. The number of hydrogen-bond acceptors (Lipinski definition) is 2. The highest BCUT2D eigenvalue weighted by molar-refractivity contribution is 6.02. The summed E-state index contributed by atoms with van der Waals surface area (Å²) in [6, 6.07) is 6.32. The lowest BCUT2D eigenvalue weighted by Crippen LogP contribution is -2.18. The van der Waals surface area contributed by atoms with Gasteiger partial charge in [0, 0.05) is 24.2 Å². The maximum Gasteiger partial charge on any atom is 0.435 e. The third-order valence-electron chi connectivity index (χ3n) is 4.04. The van der Waals surface area contributed by atoms with E-state index in [2.05, 4.69) is 5.10 Å². The fraction of sp³-hybridized carbons (Fsp3) is 0.111. The number of amides is 1. The lowest BCUT2D eigenvalue weighted by atomic mass is 9.94. The molecule has 2 N–H and O–H groups in total. The molecule has 10 heteroatoms. The van der Waals surface area contributed by atoms with Gasteiger partial charge in [0.05, 0.1) is 11.3 Å². The summed E-state index contributed by atoms with van der Waals surface area (Å²) >= 11 is 0. The Balaban J connectivity index is 2.36. The minimum absolute atomic E-state index is 0.0632. The largest absolute Gasteiger partial charge is 0.435 e. The Kier molecular flexibility index (Phi) is 4.66. The number of rotatable bonds is 3. The molecule has 3 rings (SSSR count). The number of halogens is 6. The number of benzene rings is 2. The minimum atomic E-state index is -4.97. The third kappa shape index (κ3) is 3.21. The van der Waals surface area contributed by atoms with E-state index in [0.717, 1.165) is 11.7 Å². The quantitative estimate of drug-likeness (QED) is 0.528. The van der Waals surface area contributed by atoms with Crippen molar-refractivity contribution >= 4 is 5.91 Å². The van der Waals surface area contributed by atoms with Gasteiger partial charge in [-0.05, 0) is 11.6 Å². The zero-order valence-corrected chi connectivity index (χ0v) is 14.1. The van der Waals surface area contributed by atoms with Crippen molar-refractivity contribution in [1.29, 1.82) is 0 Å². The SMILES string of the molecule is Cn1nc(C(F)(F)F)c(C(N)=O)c1-c1ccccc1-c1cc(F)c(F)cc1F. The monoisotopic (exact) mass is 399 g/mol. The number of carbonyl (C=O) groups is 1. The molecule has 0 fully saturated rings. The first-order valence-corrected chi connectivity index (χ1v) is 7.70. The van der Waals surface area contributed by atoms with E-state index in [1.807, 2.05) is 0 Å². The molecule has 0 saturated heterocycles. The Morgan fingerprint density at radius 1 is 0.964 bits per heavy atom. The first-order chi connectivity index (χ1) is 13.0. The fourth-order valence-electron chi connectivity index (χ4n) is 2.92. The van der Waals surface area contributed by atoms with Crippen LogP contribution in [0.3, 0.4) is 0 Å². The molecular formula is C18H11F6N3O. The van der Waals surface area contributed by atoms with Crippen LogP contribution in [0.5, 0.6) is 0 Å². The average molecular weight is 399 g/mol. The molecule has 2 aromatic carbocycles. The lowest BCUT2D eigenvalue weighted by Gasteiger charge is -2.13. The molecule has 0 saturated carbocycles. The number of primary amides is 1. The Morgan fingerprint density at radius 2 is 1.54 bits per heavy atom. The summed E-state index contributed by atoms with van der Waals surface area (Å²) in [6.45, 7) is 0. The summed E-state index contributed by atoms with van der Waals surface area (Å²) in [5.74, 6) is -5.29. The van der Waals surface area contributed by atoms with Crippen LogP contribution < -0.4 is 5.73 Å². The Hall–Kier alpha value is -3.30. The van der Waals surface area contributed by atoms with Crippen molar-refractivity contribution in [2.75, 3.05) is 0 Å². The summed E-state index contributed by atoms with van der Waals surface area (Å²) in [7, 11) is 1.15. The minimum Gasteiger partial charge on any atom is -0.365 e. The second-order valence-electron chi connectivity index (χ2n) is 5.85. The number of hydrogen-bond donors (Lipinski definition) is 1. The first-order valence-electron chi connectivity index (χ1n) is 7.70. The van der Waals surface area contributed by atoms with Crippen molar-refractivity contribution in [3.63, 3.8) is 0 Å². The summed E-state index contributed by atoms with van der Waals surface area (Å²) in [6.07, 6.45) is -4.97. The van der Waals surface area contributed by atoms with Gasteiger partial charge >= 0.3 is 6.18 Å². The van der Waals surface area contributed by atoms with Gasteiger partial charge in [0.2, 0.25) is 0 Å². The van der Waals surface area contributed by atoms with E-state index in [1.54, 1.807) is 0 Å². The molecule has 0 aliphatic carbocycles. The second kappa shape index (κ2) is 6.70. The smallest absolute Gasteiger partial charge is 0.365 e.